The number of hydrogen-bond acceptors (Lipinski definition) is 8. The van der Waals surface area contributed by atoms with Crippen molar-refractivity contribution < 1.29 is 27.5 Å². The van der Waals surface area contributed by atoms with Crippen LogP contribution in [0.15, 0.2) is 32.7 Å². The molecule has 1 aromatic heterocycles. The number of sulfonamides is 1. The van der Waals surface area contributed by atoms with Crippen molar-refractivity contribution in [2.24, 2.45) is 0 Å². The molecule has 0 radical (unpaired) electrons. The molecule has 0 saturated carbocycles. The number of thiophene rings is 1. The number of thioether (sulfide) groups is 1. The molecule has 0 fully saturated rings. The van der Waals surface area contributed by atoms with Crippen LogP contribution in [0.5, 0.6) is 11.5 Å². The molecule has 0 atom stereocenters. The van der Waals surface area contributed by atoms with E-state index >= 15 is 0 Å². The van der Waals surface area contributed by atoms with Gasteiger partial charge in [0.2, 0.25) is 11.8 Å². The summed E-state index contributed by atoms with van der Waals surface area (Å²) in [6, 6.07) is 6.73. The minimum absolute atomic E-state index is 0.137. The van der Waals surface area contributed by atoms with Crippen LogP contribution in [0.1, 0.15) is 5.56 Å². The molecule has 3 rings (SSSR count). The highest BCUT2D eigenvalue weighted by Gasteiger charge is 2.32. The van der Waals surface area contributed by atoms with Gasteiger partial charge in [-0.3, -0.25) is 9.59 Å². The van der Waals surface area contributed by atoms with E-state index in [4.69, 9.17) is 9.47 Å². The van der Waals surface area contributed by atoms with E-state index in [-0.39, 0.29) is 34.9 Å². The van der Waals surface area contributed by atoms with Crippen molar-refractivity contribution in [3.05, 3.63) is 29.8 Å². The smallest absolute Gasteiger partial charge is 0.252 e. The average molecular weight is 486 g/mol. The third-order valence-corrected chi connectivity index (χ3v) is 9.23. The van der Waals surface area contributed by atoms with Gasteiger partial charge in [0.05, 0.1) is 29.9 Å². The van der Waals surface area contributed by atoms with Crippen molar-refractivity contribution >= 4 is 50.6 Å². The van der Waals surface area contributed by atoms with Gasteiger partial charge in [0.25, 0.3) is 10.0 Å². The zero-order valence-corrected chi connectivity index (χ0v) is 19.9. The maximum atomic E-state index is 12.6. The molecule has 2 aromatic rings. The number of benzene rings is 1. The first kappa shape index (κ1) is 23.4. The van der Waals surface area contributed by atoms with E-state index in [2.05, 4.69) is 5.32 Å². The Labute approximate surface area is 189 Å². The second kappa shape index (κ2) is 9.47. The lowest BCUT2D eigenvalue weighted by atomic mass is 10.2. The summed E-state index contributed by atoms with van der Waals surface area (Å²) in [4.78, 5) is 26.4. The van der Waals surface area contributed by atoms with Gasteiger partial charge in [-0.25, -0.2) is 12.7 Å². The Balaban J connectivity index is 1.74. The zero-order valence-electron chi connectivity index (χ0n) is 17.5. The summed E-state index contributed by atoms with van der Waals surface area (Å²) >= 11 is 2.38. The van der Waals surface area contributed by atoms with Gasteiger partial charge in [0, 0.05) is 32.3 Å². The van der Waals surface area contributed by atoms with Gasteiger partial charge in [-0.05, 0) is 18.2 Å². The monoisotopic (exact) mass is 485 g/mol. The fraction of sp³-hybridized carbons (Fsp3) is 0.368. The van der Waals surface area contributed by atoms with E-state index in [1.807, 2.05) is 0 Å². The molecule has 0 unspecified atom stereocenters. The van der Waals surface area contributed by atoms with Crippen molar-refractivity contribution in [2.75, 3.05) is 45.5 Å². The van der Waals surface area contributed by atoms with E-state index in [0.717, 1.165) is 21.2 Å². The molecule has 1 aliphatic heterocycles. The van der Waals surface area contributed by atoms with E-state index in [0.29, 0.717) is 21.4 Å². The Bertz CT molecular complexity index is 1100. The molecular weight excluding hydrogens is 462 g/mol. The number of hydrogen-bond donors (Lipinski definition) is 1. The molecule has 168 valence electrons. The fourth-order valence-corrected chi connectivity index (χ4v) is 6.78. The van der Waals surface area contributed by atoms with Gasteiger partial charge in [-0.2, -0.15) is 0 Å². The van der Waals surface area contributed by atoms with Gasteiger partial charge >= 0.3 is 0 Å². The molecular formula is C19H23N3O6S3. The molecule has 0 aliphatic carbocycles. The Kier molecular flexibility index (Phi) is 7.14. The standard InChI is InChI=1S/C19H23N3O6S3/c1-21(2)31(25,26)18-8-14-19(30-18)29-11-17(24)22(14)10-16(23)20-9-12-5-6-13(27-3)7-15(12)28-4/h5-8H,9-11H2,1-4H3,(H,20,23). The lowest BCUT2D eigenvalue weighted by Gasteiger charge is -2.25. The maximum Gasteiger partial charge on any atom is 0.252 e. The van der Waals surface area contributed by atoms with Crippen molar-refractivity contribution in [1.29, 1.82) is 0 Å². The number of carbonyl (C=O) groups is 2. The Morgan fingerprint density at radius 1 is 1.23 bits per heavy atom. The first-order valence-corrected chi connectivity index (χ1v) is 12.4. The summed E-state index contributed by atoms with van der Waals surface area (Å²) in [6.45, 7) is 0.00256. The number of rotatable bonds is 8. The van der Waals surface area contributed by atoms with E-state index in [1.54, 1.807) is 25.3 Å². The van der Waals surface area contributed by atoms with Crippen molar-refractivity contribution in [1.82, 2.24) is 9.62 Å². The summed E-state index contributed by atoms with van der Waals surface area (Å²) in [5.41, 5.74) is 1.21. The van der Waals surface area contributed by atoms with Crippen LogP contribution in [0.25, 0.3) is 0 Å². The first-order valence-electron chi connectivity index (χ1n) is 9.14. The number of anilines is 1. The van der Waals surface area contributed by atoms with Crippen molar-refractivity contribution in [3.8, 4) is 11.5 Å². The molecule has 1 N–H and O–H groups in total. The second-order valence-corrected chi connectivity index (χ2v) is 11.4. The highest BCUT2D eigenvalue weighted by molar-refractivity contribution is 8.02. The van der Waals surface area contributed by atoms with Gasteiger partial charge in [-0.15, -0.1) is 23.1 Å². The third-order valence-electron chi connectivity index (χ3n) is 4.58. The lowest BCUT2D eigenvalue weighted by molar-refractivity contribution is -0.123. The molecule has 31 heavy (non-hydrogen) atoms. The van der Waals surface area contributed by atoms with Gasteiger partial charge in [-0.1, -0.05) is 0 Å². The van der Waals surface area contributed by atoms with Crippen LogP contribution in [-0.2, 0) is 26.2 Å². The van der Waals surface area contributed by atoms with Crippen LogP contribution in [0.4, 0.5) is 5.69 Å². The number of ether oxygens (including phenoxy) is 2. The number of methoxy groups -OCH3 is 2. The van der Waals surface area contributed by atoms with Crippen LogP contribution < -0.4 is 19.7 Å². The quantitative estimate of drug-likeness (QED) is 0.608. The zero-order chi connectivity index (χ0) is 22.8. The Morgan fingerprint density at radius 2 is 1.97 bits per heavy atom. The molecule has 2 amide bonds. The molecule has 9 nitrogen and oxygen atoms in total. The van der Waals surface area contributed by atoms with Crippen molar-refractivity contribution in [3.63, 3.8) is 0 Å². The number of nitrogens with zero attached hydrogens (tertiary/aromatic N) is 2. The molecule has 0 bridgehead atoms. The summed E-state index contributed by atoms with van der Waals surface area (Å²) in [7, 11) is 2.36. The van der Waals surface area contributed by atoms with Gasteiger partial charge in [0.1, 0.15) is 22.3 Å². The van der Waals surface area contributed by atoms with Crippen LogP contribution >= 0.6 is 23.1 Å². The topological polar surface area (TPSA) is 105 Å². The highest BCUT2D eigenvalue weighted by atomic mass is 32.3. The fourth-order valence-electron chi connectivity index (χ4n) is 2.85. The first-order chi connectivity index (χ1) is 14.7. The number of nitrogens with one attached hydrogen (secondary N) is 1. The molecule has 12 heteroatoms. The molecule has 1 aromatic carbocycles. The largest absolute Gasteiger partial charge is 0.497 e. The van der Waals surface area contributed by atoms with Crippen LogP contribution in [-0.4, -0.2) is 65.1 Å². The number of amides is 2. The molecule has 0 spiro atoms. The number of carbonyl (C=O) groups excluding carboxylic acids is 2. The maximum absolute atomic E-state index is 12.6. The van der Waals surface area contributed by atoms with Crippen LogP contribution in [0, 0.1) is 0 Å². The number of fused-ring (bicyclic) bond motifs is 1. The van der Waals surface area contributed by atoms with Crippen LogP contribution in [0.3, 0.4) is 0 Å². The summed E-state index contributed by atoms with van der Waals surface area (Å²) < 4.78 is 37.4. The van der Waals surface area contributed by atoms with Gasteiger partial charge < -0.3 is 19.7 Å². The lowest BCUT2D eigenvalue weighted by Crippen LogP contribution is -2.42. The predicted molar refractivity (Wildman–Crippen MR) is 120 cm³/mol. The summed E-state index contributed by atoms with van der Waals surface area (Å²) in [5.74, 6) is 0.739. The SMILES string of the molecule is COc1ccc(CNC(=O)CN2C(=O)CSc3sc(S(=O)(=O)N(C)C)cc32)c(OC)c1. The van der Waals surface area contributed by atoms with Crippen LogP contribution in [0.2, 0.25) is 0 Å². The van der Waals surface area contributed by atoms with E-state index in [9.17, 15) is 18.0 Å². The summed E-state index contributed by atoms with van der Waals surface area (Å²) in [6.07, 6.45) is 0. The predicted octanol–water partition coefficient (Wildman–Crippen LogP) is 1.77. The van der Waals surface area contributed by atoms with Crippen molar-refractivity contribution in [2.45, 2.75) is 15.0 Å². The van der Waals surface area contributed by atoms with E-state index < -0.39 is 10.0 Å². The molecule has 2 heterocycles. The highest BCUT2D eigenvalue weighted by Crippen LogP contribution is 2.44. The molecule has 1 aliphatic rings. The van der Waals surface area contributed by atoms with E-state index in [1.165, 1.54) is 43.9 Å². The Morgan fingerprint density at radius 3 is 2.61 bits per heavy atom. The summed E-state index contributed by atoms with van der Waals surface area (Å²) in [5, 5.41) is 2.78. The molecule has 0 saturated heterocycles. The minimum Gasteiger partial charge on any atom is -0.497 e. The third kappa shape index (κ3) is 4.97. The second-order valence-electron chi connectivity index (χ2n) is 6.75. The Hall–Kier alpha value is -2.28. The van der Waals surface area contributed by atoms with Gasteiger partial charge in [0.15, 0.2) is 0 Å². The normalized spacial score (nSPS) is 13.8. The minimum atomic E-state index is -3.62. The average Bonchev–Trinajstić information content (AvgIpc) is 3.19.